The van der Waals surface area contributed by atoms with Crippen LogP contribution in [-0.4, -0.2) is 32.6 Å². The van der Waals surface area contributed by atoms with Gasteiger partial charge in [-0.1, -0.05) is 20.8 Å². The second-order valence-corrected chi connectivity index (χ2v) is 8.80. The van der Waals surface area contributed by atoms with E-state index in [0.717, 1.165) is 42.8 Å². The Kier molecular flexibility index (Phi) is 5.06. The summed E-state index contributed by atoms with van der Waals surface area (Å²) in [6, 6.07) is 6.28. The van der Waals surface area contributed by atoms with Crippen molar-refractivity contribution >= 4 is 16.7 Å². The largest absolute Gasteiger partial charge is 0.356 e. The summed E-state index contributed by atoms with van der Waals surface area (Å²) in [6.07, 6.45) is 5.09. The van der Waals surface area contributed by atoms with Crippen LogP contribution in [0.15, 0.2) is 41.7 Å². The van der Waals surface area contributed by atoms with E-state index in [9.17, 15) is 9.18 Å². The van der Waals surface area contributed by atoms with E-state index < -0.39 is 0 Å². The second-order valence-electron chi connectivity index (χ2n) is 8.80. The van der Waals surface area contributed by atoms with Crippen molar-refractivity contribution in [1.29, 1.82) is 0 Å². The minimum Gasteiger partial charge on any atom is -0.356 e. The molecule has 0 bridgehead atoms. The Morgan fingerprint density at radius 3 is 2.55 bits per heavy atom. The summed E-state index contributed by atoms with van der Waals surface area (Å²) in [6.45, 7) is 8.53. The van der Waals surface area contributed by atoms with Gasteiger partial charge in [-0.15, -0.1) is 0 Å². The highest BCUT2D eigenvalue weighted by Crippen LogP contribution is 2.28. The first-order chi connectivity index (χ1) is 13.8. The van der Waals surface area contributed by atoms with Crippen LogP contribution in [0.2, 0.25) is 0 Å². The molecule has 2 aromatic heterocycles. The van der Waals surface area contributed by atoms with Gasteiger partial charge in [0.2, 0.25) is 0 Å². The first kappa shape index (κ1) is 19.5. The van der Waals surface area contributed by atoms with Crippen LogP contribution in [0.1, 0.15) is 39.3 Å². The normalized spacial score (nSPS) is 15.8. The zero-order chi connectivity index (χ0) is 20.6. The van der Waals surface area contributed by atoms with E-state index in [1.165, 1.54) is 18.5 Å². The van der Waals surface area contributed by atoms with Crippen molar-refractivity contribution in [2.24, 2.45) is 5.92 Å². The van der Waals surface area contributed by atoms with Gasteiger partial charge in [0.05, 0.1) is 17.5 Å². The molecule has 1 saturated heterocycles. The predicted octanol–water partition coefficient (Wildman–Crippen LogP) is 3.54. The molecule has 0 amide bonds. The maximum Gasteiger partial charge on any atom is 0.253 e. The van der Waals surface area contributed by atoms with Crippen molar-refractivity contribution < 1.29 is 4.39 Å². The number of hydrogen-bond acceptors (Lipinski definition) is 5. The number of rotatable bonds is 3. The summed E-state index contributed by atoms with van der Waals surface area (Å²) < 4.78 is 15.2. The fourth-order valence-electron chi connectivity index (χ4n) is 3.85. The van der Waals surface area contributed by atoms with Crippen LogP contribution in [0, 0.1) is 11.7 Å². The molecule has 6 nitrogen and oxygen atoms in total. The fraction of sp³-hybridized carbons (Fsp3) is 0.455. The predicted molar refractivity (Wildman–Crippen MR) is 112 cm³/mol. The van der Waals surface area contributed by atoms with Gasteiger partial charge in [-0.05, 0) is 30.9 Å². The lowest BCUT2D eigenvalue weighted by Crippen LogP contribution is -2.37. The highest BCUT2D eigenvalue weighted by atomic mass is 19.1. The molecule has 0 N–H and O–H groups in total. The van der Waals surface area contributed by atoms with Crippen LogP contribution in [0.3, 0.4) is 0 Å². The van der Waals surface area contributed by atoms with Gasteiger partial charge >= 0.3 is 0 Å². The van der Waals surface area contributed by atoms with Gasteiger partial charge in [-0.2, -0.15) is 0 Å². The van der Waals surface area contributed by atoms with Crippen molar-refractivity contribution in [2.75, 3.05) is 18.0 Å². The molecular weight excluding hydrogens is 369 g/mol. The minimum absolute atomic E-state index is 0.0103. The van der Waals surface area contributed by atoms with Crippen molar-refractivity contribution in [1.82, 2.24) is 19.5 Å². The molecular formula is C22H26FN5O. The molecule has 7 heteroatoms. The van der Waals surface area contributed by atoms with E-state index in [2.05, 4.69) is 40.6 Å². The molecule has 0 atom stereocenters. The zero-order valence-corrected chi connectivity index (χ0v) is 17.1. The minimum atomic E-state index is -0.294. The number of hydrogen-bond donors (Lipinski definition) is 0. The summed E-state index contributed by atoms with van der Waals surface area (Å²) >= 11 is 0. The average Bonchev–Trinajstić information content (AvgIpc) is 2.68. The Morgan fingerprint density at radius 2 is 1.86 bits per heavy atom. The van der Waals surface area contributed by atoms with Crippen LogP contribution in [0.25, 0.3) is 10.9 Å². The van der Waals surface area contributed by atoms with Gasteiger partial charge in [0.25, 0.3) is 5.56 Å². The summed E-state index contributed by atoms with van der Waals surface area (Å²) in [4.78, 5) is 27.8. The maximum absolute atomic E-state index is 13.5. The first-order valence-corrected chi connectivity index (χ1v) is 10.0. The lowest BCUT2D eigenvalue weighted by molar-refractivity contribution is 0.349. The van der Waals surface area contributed by atoms with Crippen molar-refractivity contribution in [3.63, 3.8) is 0 Å². The molecule has 0 spiro atoms. The molecule has 0 unspecified atom stereocenters. The summed E-state index contributed by atoms with van der Waals surface area (Å²) in [7, 11) is 0. The van der Waals surface area contributed by atoms with Gasteiger partial charge < -0.3 is 4.90 Å². The number of benzene rings is 1. The molecule has 0 radical (unpaired) electrons. The van der Waals surface area contributed by atoms with E-state index >= 15 is 0 Å². The monoisotopic (exact) mass is 395 g/mol. The van der Waals surface area contributed by atoms with Crippen LogP contribution in [0.4, 0.5) is 10.2 Å². The Bertz CT molecular complexity index is 1080. The van der Waals surface area contributed by atoms with E-state index in [1.54, 1.807) is 23.0 Å². The Balaban J connectivity index is 1.45. The number of anilines is 1. The van der Waals surface area contributed by atoms with E-state index in [1.807, 2.05) is 0 Å². The molecule has 3 heterocycles. The lowest BCUT2D eigenvalue weighted by Gasteiger charge is -2.33. The molecule has 1 aromatic carbocycles. The smallest absolute Gasteiger partial charge is 0.253 e. The molecule has 152 valence electrons. The Morgan fingerprint density at radius 1 is 1.10 bits per heavy atom. The van der Waals surface area contributed by atoms with Crippen molar-refractivity contribution in [3.8, 4) is 0 Å². The summed E-state index contributed by atoms with van der Waals surface area (Å²) in [5, 5.41) is 0.866. The van der Waals surface area contributed by atoms with E-state index in [-0.39, 0.29) is 16.8 Å². The third-order valence-electron chi connectivity index (χ3n) is 5.59. The third-order valence-corrected chi connectivity index (χ3v) is 5.59. The molecule has 4 rings (SSSR count). The zero-order valence-electron chi connectivity index (χ0n) is 17.1. The van der Waals surface area contributed by atoms with Gasteiger partial charge in [-0.25, -0.2) is 19.3 Å². The van der Waals surface area contributed by atoms with Gasteiger partial charge in [-0.3, -0.25) is 9.36 Å². The Hall–Kier alpha value is -2.83. The highest BCUT2D eigenvalue weighted by Gasteiger charge is 2.23. The molecule has 1 aliphatic rings. The van der Waals surface area contributed by atoms with Crippen molar-refractivity contribution in [2.45, 2.75) is 45.6 Å². The fourth-order valence-corrected chi connectivity index (χ4v) is 3.85. The highest BCUT2D eigenvalue weighted by molar-refractivity contribution is 5.89. The average molecular weight is 395 g/mol. The lowest BCUT2D eigenvalue weighted by atomic mass is 9.92. The number of halogens is 1. The quantitative estimate of drug-likeness (QED) is 0.679. The molecule has 1 aliphatic heterocycles. The maximum atomic E-state index is 13.5. The van der Waals surface area contributed by atoms with Crippen LogP contribution in [0.5, 0.6) is 0 Å². The topological polar surface area (TPSA) is 63.9 Å². The van der Waals surface area contributed by atoms with Crippen molar-refractivity contribution in [3.05, 3.63) is 58.8 Å². The SMILES string of the molecule is CC(C)(C)c1cc(=O)n(CC2CCN(c3ncnc4cc(F)ccc34)CC2)cn1. The molecule has 1 fully saturated rings. The standard InChI is InChI=1S/C22H26FN5O/c1-22(2,3)19-11-20(29)28(14-26-19)12-15-6-8-27(9-7-15)21-17-5-4-16(23)10-18(17)24-13-25-21/h4-5,10-11,13-15H,6-9,12H2,1-3H3. The number of piperidine rings is 1. The first-order valence-electron chi connectivity index (χ1n) is 10.0. The summed E-state index contributed by atoms with van der Waals surface area (Å²) in [5.41, 5.74) is 1.32. The third kappa shape index (κ3) is 4.13. The summed E-state index contributed by atoms with van der Waals surface area (Å²) in [5.74, 6) is 0.969. The van der Waals surface area contributed by atoms with Crippen LogP contribution < -0.4 is 10.5 Å². The van der Waals surface area contributed by atoms with Gasteiger partial charge in [0, 0.05) is 42.6 Å². The number of nitrogens with zero attached hydrogens (tertiary/aromatic N) is 5. The van der Waals surface area contributed by atoms with E-state index in [4.69, 9.17) is 0 Å². The number of aromatic nitrogens is 4. The van der Waals surface area contributed by atoms with Crippen LogP contribution >= 0.6 is 0 Å². The molecule has 3 aromatic rings. The Labute approximate surface area is 169 Å². The molecule has 29 heavy (non-hydrogen) atoms. The van der Waals surface area contributed by atoms with Gasteiger partial charge in [0.15, 0.2) is 0 Å². The van der Waals surface area contributed by atoms with E-state index in [0.29, 0.717) is 18.0 Å². The van der Waals surface area contributed by atoms with Crippen LogP contribution in [-0.2, 0) is 12.0 Å². The second kappa shape index (κ2) is 7.54. The molecule has 0 saturated carbocycles. The number of fused-ring (bicyclic) bond motifs is 1. The molecule has 0 aliphatic carbocycles. The van der Waals surface area contributed by atoms with Gasteiger partial charge in [0.1, 0.15) is 18.0 Å².